The van der Waals surface area contributed by atoms with E-state index in [1.54, 1.807) is 36.4 Å². The standard InChI is InChI=1S/C22H26N4O2S2/c1-5-11-26(6-2)21(27)16-13-18(15(3)12-17(16)28-4)29-20-14-24-22(30-20)25-19-9-7-8-10-23-19/h7-10,12-14H,5-6,11H2,1-4H3,(H,23,24,25). The van der Waals surface area contributed by atoms with Crippen molar-refractivity contribution in [2.45, 2.75) is 36.3 Å². The number of carbonyl (C=O) groups excluding carboxylic acids is 1. The van der Waals surface area contributed by atoms with Crippen molar-refractivity contribution < 1.29 is 9.53 Å². The number of rotatable bonds is 9. The molecular weight excluding hydrogens is 416 g/mol. The van der Waals surface area contributed by atoms with E-state index in [-0.39, 0.29) is 5.91 Å². The zero-order valence-electron chi connectivity index (χ0n) is 17.6. The lowest BCUT2D eigenvalue weighted by Gasteiger charge is -2.22. The minimum atomic E-state index is -0.000128. The molecule has 0 aliphatic carbocycles. The van der Waals surface area contributed by atoms with Gasteiger partial charge in [-0.2, -0.15) is 0 Å². The van der Waals surface area contributed by atoms with Gasteiger partial charge in [-0.3, -0.25) is 4.79 Å². The van der Waals surface area contributed by atoms with Crippen LogP contribution < -0.4 is 10.1 Å². The molecule has 1 aromatic carbocycles. The molecule has 0 atom stereocenters. The Bertz CT molecular complexity index is 992. The van der Waals surface area contributed by atoms with Gasteiger partial charge in [0.2, 0.25) is 0 Å². The normalized spacial score (nSPS) is 10.7. The largest absolute Gasteiger partial charge is 0.496 e. The van der Waals surface area contributed by atoms with E-state index >= 15 is 0 Å². The number of methoxy groups -OCH3 is 1. The minimum Gasteiger partial charge on any atom is -0.496 e. The van der Waals surface area contributed by atoms with Crippen LogP contribution in [0.25, 0.3) is 0 Å². The number of thiazole rings is 1. The zero-order chi connectivity index (χ0) is 21.5. The molecule has 3 rings (SSSR count). The van der Waals surface area contributed by atoms with E-state index in [4.69, 9.17) is 4.74 Å². The summed E-state index contributed by atoms with van der Waals surface area (Å²) in [6.07, 6.45) is 4.49. The van der Waals surface area contributed by atoms with Crippen LogP contribution in [0.1, 0.15) is 36.2 Å². The Kier molecular flexibility index (Phi) is 7.70. The Hall–Kier alpha value is -2.58. The van der Waals surface area contributed by atoms with E-state index in [2.05, 4.69) is 22.2 Å². The van der Waals surface area contributed by atoms with Gasteiger partial charge in [0.15, 0.2) is 5.13 Å². The Morgan fingerprint density at radius 1 is 1.27 bits per heavy atom. The maximum absolute atomic E-state index is 13.1. The quantitative estimate of drug-likeness (QED) is 0.464. The molecule has 1 N–H and O–H groups in total. The van der Waals surface area contributed by atoms with Gasteiger partial charge >= 0.3 is 0 Å². The van der Waals surface area contributed by atoms with Crippen molar-refractivity contribution in [3.05, 3.63) is 53.9 Å². The number of hydrogen-bond donors (Lipinski definition) is 1. The fraction of sp³-hybridized carbons (Fsp3) is 0.318. The first-order chi connectivity index (χ1) is 14.5. The molecule has 0 saturated heterocycles. The van der Waals surface area contributed by atoms with E-state index in [0.717, 1.165) is 38.6 Å². The monoisotopic (exact) mass is 442 g/mol. The predicted octanol–water partition coefficient (Wildman–Crippen LogP) is 5.62. The third-order valence-electron chi connectivity index (χ3n) is 4.48. The molecule has 30 heavy (non-hydrogen) atoms. The van der Waals surface area contributed by atoms with Crippen LogP contribution in [-0.2, 0) is 0 Å². The van der Waals surface area contributed by atoms with Crippen molar-refractivity contribution in [2.24, 2.45) is 0 Å². The molecule has 8 heteroatoms. The number of pyridine rings is 1. The summed E-state index contributed by atoms with van der Waals surface area (Å²) in [5.41, 5.74) is 1.65. The highest BCUT2D eigenvalue weighted by Gasteiger charge is 2.20. The number of ether oxygens (including phenoxy) is 1. The van der Waals surface area contributed by atoms with Crippen LogP contribution in [0.2, 0.25) is 0 Å². The number of nitrogens with zero attached hydrogens (tertiary/aromatic N) is 3. The minimum absolute atomic E-state index is 0.000128. The summed E-state index contributed by atoms with van der Waals surface area (Å²) in [6, 6.07) is 9.57. The van der Waals surface area contributed by atoms with Gasteiger partial charge < -0.3 is 15.0 Å². The first kappa shape index (κ1) is 22.1. The summed E-state index contributed by atoms with van der Waals surface area (Å²) in [4.78, 5) is 24.6. The lowest BCUT2D eigenvalue weighted by molar-refractivity contribution is 0.0761. The second kappa shape index (κ2) is 10.4. The summed E-state index contributed by atoms with van der Waals surface area (Å²) in [6.45, 7) is 7.49. The highest BCUT2D eigenvalue weighted by atomic mass is 32.2. The van der Waals surface area contributed by atoms with Gasteiger partial charge in [0.25, 0.3) is 5.91 Å². The van der Waals surface area contributed by atoms with Crippen molar-refractivity contribution in [3.63, 3.8) is 0 Å². The molecule has 0 spiro atoms. The van der Waals surface area contributed by atoms with Gasteiger partial charge in [-0.15, -0.1) is 0 Å². The van der Waals surface area contributed by atoms with Crippen LogP contribution in [0.15, 0.2) is 51.8 Å². The smallest absolute Gasteiger partial charge is 0.257 e. The van der Waals surface area contributed by atoms with E-state index in [0.29, 0.717) is 17.9 Å². The molecule has 3 aromatic rings. The third-order valence-corrected chi connectivity index (χ3v) is 6.66. The first-order valence-corrected chi connectivity index (χ1v) is 11.5. The van der Waals surface area contributed by atoms with Gasteiger partial charge in [0.1, 0.15) is 11.6 Å². The summed E-state index contributed by atoms with van der Waals surface area (Å²) in [7, 11) is 1.60. The van der Waals surface area contributed by atoms with Crippen LogP contribution in [0, 0.1) is 6.92 Å². The van der Waals surface area contributed by atoms with Gasteiger partial charge in [-0.05, 0) is 50.1 Å². The molecule has 0 bridgehead atoms. The first-order valence-electron chi connectivity index (χ1n) is 9.85. The summed E-state index contributed by atoms with van der Waals surface area (Å²) >= 11 is 3.15. The number of hydrogen-bond acceptors (Lipinski definition) is 7. The van der Waals surface area contributed by atoms with Crippen LogP contribution in [0.5, 0.6) is 5.75 Å². The number of aromatic nitrogens is 2. The van der Waals surface area contributed by atoms with Crippen molar-refractivity contribution in [1.82, 2.24) is 14.9 Å². The number of benzene rings is 1. The van der Waals surface area contributed by atoms with Crippen molar-refractivity contribution >= 4 is 40.0 Å². The number of amides is 1. The highest BCUT2D eigenvalue weighted by molar-refractivity contribution is 8.01. The van der Waals surface area contributed by atoms with Crippen LogP contribution in [0.3, 0.4) is 0 Å². The molecule has 2 heterocycles. The molecule has 158 valence electrons. The van der Waals surface area contributed by atoms with Gasteiger partial charge in [0, 0.05) is 24.2 Å². The molecule has 0 aliphatic rings. The molecule has 0 fully saturated rings. The van der Waals surface area contributed by atoms with E-state index in [1.807, 2.05) is 55.3 Å². The Morgan fingerprint density at radius 3 is 2.77 bits per heavy atom. The molecule has 6 nitrogen and oxygen atoms in total. The Balaban J connectivity index is 1.83. The second-order valence-corrected chi connectivity index (χ2v) is 9.00. The molecular formula is C22H26N4O2S2. The molecule has 0 radical (unpaired) electrons. The SMILES string of the molecule is CCCN(CC)C(=O)c1cc(Sc2cnc(Nc3ccccn3)s2)c(C)cc1OC. The average Bonchev–Trinajstić information content (AvgIpc) is 3.20. The lowest BCUT2D eigenvalue weighted by Crippen LogP contribution is -2.31. The van der Waals surface area contributed by atoms with Gasteiger partial charge in [-0.1, -0.05) is 36.1 Å². The van der Waals surface area contributed by atoms with Crippen LogP contribution in [0.4, 0.5) is 10.9 Å². The second-order valence-electron chi connectivity index (χ2n) is 6.63. The average molecular weight is 443 g/mol. The molecule has 0 unspecified atom stereocenters. The summed E-state index contributed by atoms with van der Waals surface area (Å²) in [5, 5.41) is 3.99. The third kappa shape index (κ3) is 5.31. The molecule has 0 aliphatic heterocycles. The maximum Gasteiger partial charge on any atom is 0.257 e. The van der Waals surface area contributed by atoms with Crippen LogP contribution >= 0.6 is 23.1 Å². The summed E-state index contributed by atoms with van der Waals surface area (Å²) in [5.74, 6) is 1.37. The topological polar surface area (TPSA) is 67.4 Å². The van der Waals surface area contributed by atoms with E-state index in [9.17, 15) is 4.79 Å². The van der Waals surface area contributed by atoms with Crippen LogP contribution in [-0.4, -0.2) is 41.0 Å². The van der Waals surface area contributed by atoms with Crippen molar-refractivity contribution in [3.8, 4) is 5.75 Å². The summed E-state index contributed by atoms with van der Waals surface area (Å²) < 4.78 is 6.54. The van der Waals surface area contributed by atoms with E-state index in [1.165, 1.54) is 0 Å². The fourth-order valence-corrected chi connectivity index (χ4v) is 4.92. The van der Waals surface area contributed by atoms with E-state index < -0.39 is 0 Å². The Labute approximate surface area is 185 Å². The predicted molar refractivity (Wildman–Crippen MR) is 123 cm³/mol. The van der Waals surface area contributed by atoms with Gasteiger partial charge in [0.05, 0.1) is 23.1 Å². The van der Waals surface area contributed by atoms with Crippen molar-refractivity contribution in [1.29, 1.82) is 0 Å². The molecule has 0 saturated carbocycles. The lowest BCUT2D eigenvalue weighted by atomic mass is 10.1. The number of nitrogens with one attached hydrogen (secondary N) is 1. The Morgan fingerprint density at radius 2 is 2.10 bits per heavy atom. The fourth-order valence-electron chi connectivity index (χ4n) is 2.97. The maximum atomic E-state index is 13.1. The molecule has 1 amide bonds. The number of aryl methyl sites for hydroxylation is 1. The zero-order valence-corrected chi connectivity index (χ0v) is 19.3. The van der Waals surface area contributed by atoms with Gasteiger partial charge in [-0.25, -0.2) is 9.97 Å². The van der Waals surface area contributed by atoms with Crippen molar-refractivity contribution in [2.75, 3.05) is 25.5 Å². The molecule has 2 aromatic heterocycles. The highest BCUT2D eigenvalue weighted by Crippen LogP contribution is 2.38. The number of carbonyl (C=O) groups is 1. The number of anilines is 2.